The largest absolute Gasteiger partial charge is 0.454 e. The standard InChI is InChI=1S/C19H20FN3O5S/c1-10(2)15(23-17(26)11-5-3-4-6-13(11)20)19(27)28-9-14(24)22-18-12(16(21)25)7-8-29-18/h3-8,10,15H,9H2,1-2H3,(H2,21,25)(H,22,24)(H,23,26)/t15-/m0/s1. The SMILES string of the molecule is CC(C)[C@H](NC(=O)c1ccccc1F)C(=O)OCC(=O)Nc1sccc1C(N)=O. The Morgan fingerprint density at radius 3 is 2.45 bits per heavy atom. The number of hydrogen-bond donors (Lipinski definition) is 3. The van der Waals surface area contributed by atoms with Gasteiger partial charge in [0.05, 0.1) is 11.1 Å². The summed E-state index contributed by atoms with van der Waals surface area (Å²) in [5.41, 5.74) is 5.14. The van der Waals surface area contributed by atoms with Gasteiger partial charge in [-0.3, -0.25) is 14.4 Å². The molecule has 0 unspecified atom stereocenters. The van der Waals surface area contributed by atoms with E-state index in [1.54, 1.807) is 19.2 Å². The van der Waals surface area contributed by atoms with E-state index in [1.165, 1.54) is 24.3 Å². The molecule has 2 aromatic rings. The smallest absolute Gasteiger partial charge is 0.329 e. The minimum absolute atomic E-state index is 0.145. The summed E-state index contributed by atoms with van der Waals surface area (Å²) in [6.45, 7) is 2.70. The number of carbonyl (C=O) groups excluding carboxylic acids is 4. The summed E-state index contributed by atoms with van der Waals surface area (Å²) in [6.07, 6.45) is 0. The van der Waals surface area contributed by atoms with Crippen LogP contribution in [0.25, 0.3) is 0 Å². The second-order valence-corrected chi connectivity index (χ2v) is 7.27. The lowest BCUT2D eigenvalue weighted by Crippen LogP contribution is -2.46. The van der Waals surface area contributed by atoms with E-state index in [4.69, 9.17) is 10.5 Å². The molecule has 10 heteroatoms. The van der Waals surface area contributed by atoms with Crippen LogP contribution < -0.4 is 16.4 Å². The summed E-state index contributed by atoms with van der Waals surface area (Å²) in [6, 6.07) is 5.73. The summed E-state index contributed by atoms with van der Waals surface area (Å²) in [4.78, 5) is 47.9. The molecule has 0 aliphatic carbocycles. The van der Waals surface area contributed by atoms with Crippen LogP contribution in [0.2, 0.25) is 0 Å². The first-order chi connectivity index (χ1) is 13.7. The van der Waals surface area contributed by atoms with Gasteiger partial charge in [-0.1, -0.05) is 26.0 Å². The minimum atomic E-state index is -1.09. The number of primary amides is 1. The van der Waals surface area contributed by atoms with Crippen molar-refractivity contribution < 1.29 is 28.3 Å². The van der Waals surface area contributed by atoms with Gasteiger partial charge in [-0.25, -0.2) is 9.18 Å². The zero-order valence-electron chi connectivity index (χ0n) is 15.7. The molecular formula is C19H20FN3O5S. The molecule has 0 radical (unpaired) electrons. The molecule has 1 heterocycles. The Labute approximate surface area is 170 Å². The number of benzene rings is 1. The third-order valence-corrected chi connectivity index (χ3v) is 4.68. The van der Waals surface area contributed by atoms with Crippen LogP contribution in [0.3, 0.4) is 0 Å². The number of rotatable bonds is 8. The molecule has 0 spiro atoms. The van der Waals surface area contributed by atoms with Crippen molar-refractivity contribution in [3.05, 3.63) is 52.7 Å². The van der Waals surface area contributed by atoms with E-state index in [1.807, 2.05) is 0 Å². The maximum absolute atomic E-state index is 13.8. The van der Waals surface area contributed by atoms with E-state index >= 15 is 0 Å². The number of ether oxygens (including phenoxy) is 1. The fourth-order valence-corrected chi connectivity index (χ4v) is 3.16. The van der Waals surface area contributed by atoms with Gasteiger partial charge in [0.2, 0.25) is 0 Å². The van der Waals surface area contributed by atoms with E-state index in [0.29, 0.717) is 0 Å². The molecule has 0 bridgehead atoms. The molecule has 29 heavy (non-hydrogen) atoms. The van der Waals surface area contributed by atoms with Gasteiger partial charge < -0.3 is 21.1 Å². The molecule has 1 atom stereocenters. The highest BCUT2D eigenvalue weighted by Gasteiger charge is 2.27. The zero-order valence-corrected chi connectivity index (χ0v) is 16.5. The molecule has 0 fully saturated rings. The van der Waals surface area contributed by atoms with Gasteiger partial charge in [0, 0.05) is 0 Å². The van der Waals surface area contributed by atoms with E-state index in [-0.39, 0.29) is 22.0 Å². The third kappa shape index (κ3) is 5.85. The molecule has 8 nitrogen and oxygen atoms in total. The molecule has 0 aliphatic heterocycles. The Kier molecular flexibility index (Phi) is 7.43. The predicted octanol–water partition coefficient (Wildman–Crippen LogP) is 1.92. The number of carbonyl (C=O) groups is 4. The summed E-state index contributed by atoms with van der Waals surface area (Å²) >= 11 is 1.09. The summed E-state index contributed by atoms with van der Waals surface area (Å²) in [5.74, 6) is -4.09. The van der Waals surface area contributed by atoms with Gasteiger partial charge in [0.15, 0.2) is 6.61 Å². The van der Waals surface area contributed by atoms with Crippen molar-refractivity contribution in [1.29, 1.82) is 0 Å². The first-order valence-electron chi connectivity index (χ1n) is 8.60. The van der Waals surface area contributed by atoms with Crippen LogP contribution in [0.1, 0.15) is 34.6 Å². The Hall–Kier alpha value is -3.27. The Bertz CT molecular complexity index is 928. The van der Waals surface area contributed by atoms with Crippen molar-refractivity contribution in [2.75, 3.05) is 11.9 Å². The molecule has 154 valence electrons. The number of esters is 1. The normalized spacial score (nSPS) is 11.6. The molecule has 4 N–H and O–H groups in total. The van der Waals surface area contributed by atoms with Crippen LogP contribution in [0.4, 0.5) is 9.39 Å². The van der Waals surface area contributed by atoms with Gasteiger partial charge in [-0.15, -0.1) is 11.3 Å². The van der Waals surface area contributed by atoms with E-state index in [9.17, 15) is 23.6 Å². The van der Waals surface area contributed by atoms with Gasteiger partial charge >= 0.3 is 5.97 Å². The molecule has 0 aliphatic rings. The monoisotopic (exact) mass is 421 g/mol. The third-order valence-electron chi connectivity index (χ3n) is 3.85. The highest BCUT2D eigenvalue weighted by molar-refractivity contribution is 7.14. The van der Waals surface area contributed by atoms with Gasteiger partial charge in [-0.2, -0.15) is 0 Å². The number of amides is 3. The van der Waals surface area contributed by atoms with Gasteiger partial charge in [-0.05, 0) is 29.5 Å². The highest BCUT2D eigenvalue weighted by atomic mass is 32.1. The predicted molar refractivity (Wildman–Crippen MR) is 105 cm³/mol. The van der Waals surface area contributed by atoms with Crippen molar-refractivity contribution in [2.45, 2.75) is 19.9 Å². The Morgan fingerprint density at radius 2 is 1.83 bits per heavy atom. The zero-order chi connectivity index (χ0) is 21.6. The van der Waals surface area contributed by atoms with Crippen molar-refractivity contribution in [3.8, 4) is 0 Å². The molecule has 2 rings (SSSR count). The Balaban J connectivity index is 1.96. The number of nitrogens with two attached hydrogens (primary N) is 1. The molecule has 1 aromatic heterocycles. The number of hydrogen-bond acceptors (Lipinski definition) is 6. The molecule has 0 saturated heterocycles. The van der Waals surface area contributed by atoms with Crippen molar-refractivity contribution in [2.24, 2.45) is 11.7 Å². The topological polar surface area (TPSA) is 128 Å². The quantitative estimate of drug-likeness (QED) is 0.561. The van der Waals surface area contributed by atoms with E-state index in [2.05, 4.69) is 10.6 Å². The molecular weight excluding hydrogens is 401 g/mol. The summed E-state index contributed by atoms with van der Waals surface area (Å²) in [7, 11) is 0. The summed E-state index contributed by atoms with van der Waals surface area (Å²) < 4.78 is 18.7. The number of thiophene rings is 1. The first kappa shape index (κ1) is 22.0. The maximum Gasteiger partial charge on any atom is 0.329 e. The van der Waals surface area contributed by atoms with Crippen LogP contribution in [0, 0.1) is 11.7 Å². The first-order valence-corrected chi connectivity index (χ1v) is 9.47. The van der Waals surface area contributed by atoms with Gasteiger partial charge in [0.25, 0.3) is 17.7 Å². The fraction of sp³-hybridized carbons (Fsp3) is 0.263. The lowest BCUT2D eigenvalue weighted by atomic mass is 10.0. The molecule has 3 amide bonds. The second-order valence-electron chi connectivity index (χ2n) is 6.36. The van der Waals surface area contributed by atoms with Crippen LogP contribution in [-0.4, -0.2) is 36.3 Å². The van der Waals surface area contributed by atoms with Crippen LogP contribution in [-0.2, 0) is 14.3 Å². The van der Waals surface area contributed by atoms with Crippen molar-refractivity contribution >= 4 is 40.0 Å². The maximum atomic E-state index is 13.8. The average molecular weight is 421 g/mol. The minimum Gasteiger partial charge on any atom is -0.454 e. The summed E-state index contributed by atoms with van der Waals surface area (Å²) in [5, 5.41) is 6.68. The second kappa shape index (κ2) is 9.78. The number of nitrogens with one attached hydrogen (secondary N) is 2. The number of halogens is 1. The number of anilines is 1. The Morgan fingerprint density at radius 1 is 1.14 bits per heavy atom. The van der Waals surface area contributed by atoms with Crippen LogP contribution >= 0.6 is 11.3 Å². The average Bonchev–Trinajstić information content (AvgIpc) is 3.12. The van der Waals surface area contributed by atoms with Crippen LogP contribution in [0.15, 0.2) is 35.7 Å². The van der Waals surface area contributed by atoms with Crippen LogP contribution in [0.5, 0.6) is 0 Å². The van der Waals surface area contributed by atoms with E-state index < -0.39 is 42.2 Å². The van der Waals surface area contributed by atoms with Crippen molar-refractivity contribution in [3.63, 3.8) is 0 Å². The molecule has 1 aromatic carbocycles. The van der Waals surface area contributed by atoms with Crippen molar-refractivity contribution in [1.82, 2.24) is 5.32 Å². The van der Waals surface area contributed by atoms with E-state index in [0.717, 1.165) is 17.4 Å². The highest BCUT2D eigenvalue weighted by Crippen LogP contribution is 2.22. The fourth-order valence-electron chi connectivity index (χ4n) is 2.35. The molecule has 0 saturated carbocycles. The van der Waals surface area contributed by atoms with Gasteiger partial charge in [0.1, 0.15) is 16.9 Å². The lowest BCUT2D eigenvalue weighted by Gasteiger charge is -2.21. The lowest BCUT2D eigenvalue weighted by molar-refractivity contribution is -0.150.